The van der Waals surface area contributed by atoms with Crippen LogP contribution in [0.3, 0.4) is 0 Å². The van der Waals surface area contributed by atoms with Gasteiger partial charge in [0.2, 0.25) is 11.8 Å². The van der Waals surface area contributed by atoms with Crippen LogP contribution in [0.25, 0.3) is 0 Å². The zero-order valence-corrected chi connectivity index (χ0v) is 21.7. The number of benzene rings is 2. The van der Waals surface area contributed by atoms with Crippen LogP contribution < -0.4 is 15.5 Å². The van der Waals surface area contributed by atoms with Crippen molar-refractivity contribution >= 4 is 35.1 Å². The number of nitrogens with one attached hydrogen (secondary N) is 2. The van der Waals surface area contributed by atoms with E-state index in [0.29, 0.717) is 37.4 Å². The second-order valence-corrected chi connectivity index (χ2v) is 10.6. The molecule has 39 heavy (non-hydrogen) atoms. The molecule has 9 nitrogen and oxygen atoms in total. The molecule has 2 aromatic rings. The number of hydrogen-bond donors (Lipinski definition) is 3. The Kier molecular flexibility index (Phi) is 7.81. The van der Waals surface area contributed by atoms with Gasteiger partial charge in [0.1, 0.15) is 5.82 Å². The Morgan fingerprint density at radius 3 is 2.31 bits per heavy atom. The Morgan fingerprint density at radius 2 is 1.64 bits per heavy atom. The van der Waals surface area contributed by atoms with Crippen molar-refractivity contribution in [3.8, 4) is 0 Å². The van der Waals surface area contributed by atoms with Gasteiger partial charge in [0.25, 0.3) is 5.91 Å². The third-order valence-corrected chi connectivity index (χ3v) is 7.50. The van der Waals surface area contributed by atoms with E-state index < -0.39 is 23.7 Å². The van der Waals surface area contributed by atoms with Gasteiger partial charge in [-0.2, -0.15) is 0 Å². The second-order valence-electron chi connectivity index (χ2n) is 10.6. The number of hydrogen-bond acceptors (Lipinski definition) is 5. The first-order valence-corrected chi connectivity index (χ1v) is 13.6. The van der Waals surface area contributed by atoms with Crippen molar-refractivity contribution in [1.82, 2.24) is 10.2 Å². The van der Waals surface area contributed by atoms with Crippen molar-refractivity contribution in [2.75, 3.05) is 36.4 Å². The number of halogens is 1. The molecule has 2 saturated carbocycles. The molecule has 5 rings (SSSR count). The number of nitrogens with zero attached hydrogens (tertiary/aromatic N) is 2. The van der Waals surface area contributed by atoms with Gasteiger partial charge in [-0.1, -0.05) is 12.1 Å². The van der Waals surface area contributed by atoms with Crippen molar-refractivity contribution in [1.29, 1.82) is 0 Å². The number of amides is 3. The van der Waals surface area contributed by atoms with E-state index in [9.17, 15) is 28.7 Å². The summed E-state index contributed by atoms with van der Waals surface area (Å²) in [4.78, 5) is 54.1. The highest BCUT2D eigenvalue weighted by molar-refractivity contribution is 6.01. The van der Waals surface area contributed by atoms with Crippen molar-refractivity contribution in [2.45, 2.75) is 44.6 Å². The minimum atomic E-state index is -1.10. The predicted octanol–water partition coefficient (Wildman–Crippen LogP) is 3.57. The molecule has 1 atom stereocenters. The Labute approximate surface area is 226 Å². The first-order valence-electron chi connectivity index (χ1n) is 13.6. The number of carboxylic acid groups (broad SMARTS) is 1. The lowest BCUT2D eigenvalue weighted by Crippen LogP contribution is -2.36. The molecule has 10 heteroatoms. The van der Waals surface area contributed by atoms with Crippen LogP contribution in [0.1, 0.15) is 60.5 Å². The monoisotopic (exact) mass is 536 g/mol. The molecule has 2 aliphatic carbocycles. The molecule has 1 heterocycles. The maximum atomic E-state index is 13.4. The van der Waals surface area contributed by atoms with Crippen molar-refractivity contribution in [3.05, 3.63) is 59.4 Å². The van der Waals surface area contributed by atoms with E-state index >= 15 is 0 Å². The molecular formula is C29H33FN4O5. The lowest BCUT2D eigenvalue weighted by Gasteiger charge is -2.27. The Bertz CT molecular complexity index is 1260. The lowest BCUT2D eigenvalue weighted by molar-refractivity contribution is -0.137. The molecule has 3 amide bonds. The van der Waals surface area contributed by atoms with Crippen LogP contribution >= 0.6 is 0 Å². The van der Waals surface area contributed by atoms with Gasteiger partial charge in [0.15, 0.2) is 0 Å². The molecule has 2 aromatic carbocycles. The molecule has 1 unspecified atom stereocenters. The quantitative estimate of drug-likeness (QED) is 0.451. The predicted molar refractivity (Wildman–Crippen MR) is 143 cm³/mol. The van der Waals surface area contributed by atoms with Crippen LogP contribution in [0.5, 0.6) is 0 Å². The molecule has 3 N–H and O–H groups in total. The smallest absolute Gasteiger partial charge is 0.305 e. The van der Waals surface area contributed by atoms with E-state index in [2.05, 4.69) is 15.5 Å². The second kappa shape index (κ2) is 11.4. The highest BCUT2D eigenvalue weighted by Crippen LogP contribution is 2.35. The summed E-state index contributed by atoms with van der Waals surface area (Å²) in [6, 6.07) is 9.53. The van der Waals surface area contributed by atoms with E-state index in [0.717, 1.165) is 37.8 Å². The highest BCUT2D eigenvalue weighted by atomic mass is 19.1. The van der Waals surface area contributed by atoms with E-state index in [-0.39, 0.29) is 35.6 Å². The molecule has 0 aromatic heterocycles. The molecule has 1 saturated heterocycles. The molecular weight excluding hydrogens is 503 g/mol. The fourth-order valence-electron chi connectivity index (χ4n) is 4.96. The van der Waals surface area contributed by atoms with E-state index in [1.165, 1.54) is 24.3 Å². The van der Waals surface area contributed by atoms with Gasteiger partial charge in [-0.05, 0) is 68.0 Å². The average Bonchev–Trinajstić information content (AvgIpc) is 3.80. The summed E-state index contributed by atoms with van der Waals surface area (Å²) in [6.45, 7) is 2.62. The Hall–Kier alpha value is -3.95. The van der Waals surface area contributed by atoms with Gasteiger partial charge in [0, 0.05) is 43.6 Å². The van der Waals surface area contributed by atoms with Crippen LogP contribution in [-0.4, -0.2) is 59.9 Å². The summed E-state index contributed by atoms with van der Waals surface area (Å²) in [7, 11) is 0. The number of rotatable bonds is 9. The van der Waals surface area contributed by atoms with Gasteiger partial charge in [-0.25, -0.2) is 4.39 Å². The van der Waals surface area contributed by atoms with Crippen LogP contribution in [0.15, 0.2) is 42.5 Å². The molecule has 1 aliphatic heterocycles. The molecule has 0 bridgehead atoms. The number of carbonyl (C=O) groups excluding carboxylic acids is 3. The zero-order valence-electron chi connectivity index (χ0n) is 21.7. The minimum Gasteiger partial charge on any atom is -0.481 e. The molecule has 3 fully saturated rings. The summed E-state index contributed by atoms with van der Waals surface area (Å²) in [5, 5.41) is 15.1. The standard InChI is InChI=1S/C29H33FN4O5/c30-22-9-6-18(7-10-22)23(17-26(35)36)31-28(38)21-8-11-25(24(16-21)32-27(37)19-2-3-19)33-12-1-13-34(15-14-33)29(39)20-4-5-20/h6-11,16,19-20,23H,1-5,12-15,17H2,(H,31,38)(H,32,37)(H,35,36). The highest BCUT2D eigenvalue weighted by Gasteiger charge is 2.34. The summed E-state index contributed by atoms with van der Waals surface area (Å²) in [5.41, 5.74) is 2.03. The van der Waals surface area contributed by atoms with Crippen molar-refractivity contribution in [2.24, 2.45) is 11.8 Å². The van der Waals surface area contributed by atoms with Crippen LogP contribution in [0, 0.1) is 17.7 Å². The third-order valence-electron chi connectivity index (χ3n) is 7.50. The molecule has 3 aliphatic rings. The summed E-state index contributed by atoms with van der Waals surface area (Å²) < 4.78 is 13.4. The maximum absolute atomic E-state index is 13.4. The van der Waals surface area contributed by atoms with E-state index in [1.807, 2.05) is 4.90 Å². The van der Waals surface area contributed by atoms with Gasteiger partial charge in [-0.15, -0.1) is 0 Å². The fraction of sp³-hybridized carbons (Fsp3) is 0.448. The Morgan fingerprint density at radius 1 is 0.923 bits per heavy atom. The first-order chi connectivity index (χ1) is 18.8. The number of carbonyl (C=O) groups is 4. The lowest BCUT2D eigenvalue weighted by atomic mass is 10.0. The van der Waals surface area contributed by atoms with Gasteiger partial charge in [0.05, 0.1) is 23.8 Å². The van der Waals surface area contributed by atoms with E-state index in [1.54, 1.807) is 18.2 Å². The number of carboxylic acids is 1. The molecule has 0 spiro atoms. The van der Waals surface area contributed by atoms with Gasteiger partial charge >= 0.3 is 5.97 Å². The van der Waals surface area contributed by atoms with Crippen LogP contribution in [-0.2, 0) is 14.4 Å². The minimum absolute atomic E-state index is 0.0375. The first kappa shape index (κ1) is 26.6. The van der Waals surface area contributed by atoms with Gasteiger partial charge < -0.3 is 25.5 Å². The van der Waals surface area contributed by atoms with Crippen molar-refractivity contribution in [3.63, 3.8) is 0 Å². The maximum Gasteiger partial charge on any atom is 0.305 e. The van der Waals surface area contributed by atoms with Crippen LogP contribution in [0.2, 0.25) is 0 Å². The molecule has 206 valence electrons. The fourth-order valence-corrected chi connectivity index (χ4v) is 4.96. The zero-order chi connectivity index (χ0) is 27.5. The summed E-state index contributed by atoms with van der Waals surface area (Å²) in [6.07, 6.45) is 4.02. The number of anilines is 2. The molecule has 0 radical (unpaired) electrons. The normalized spacial score (nSPS) is 18.2. The summed E-state index contributed by atoms with van der Waals surface area (Å²) in [5.74, 6) is -1.80. The van der Waals surface area contributed by atoms with Crippen molar-refractivity contribution < 1.29 is 28.7 Å². The van der Waals surface area contributed by atoms with Gasteiger partial charge in [-0.3, -0.25) is 19.2 Å². The topological polar surface area (TPSA) is 119 Å². The largest absolute Gasteiger partial charge is 0.481 e. The number of aliphatic carboxylic acids is 1. The average molecular weight is 537 g/mol. The van der Waals surface area contributed by atoms with Crippen LogP contribution in [0.4, 0.5) is 15.8 Å². The SMILES string of the molecule is O=C(O)CC(NC(=O)c1ccc(N2CCCN(C(=O)C3CC3)CC2)c(NC(=O)C2CC2)c1)c1ccc(F)cc1. The summed E-state index contributed by atoms with van der Waals surface area (Å²) >= 11 is 0. The van der Waals surface area contributed by atoms with E-state index in [4.69, 9.17) is 0 Å². The Balaban J connectivity index is 1.36. The third kappa shape index (κ3) is 6.74.